The van der Waals surface area contributed by atoms with E-state index in [1.54, 1.807) is 24.0 Å². The van der Waals surface area contributed by atoms with E-state index in [1.165, 1.54) is 0 Å². The van der Waals surface area contributed by atoms with Gasteiger partial charge in [-0.25, -0.2) is 14.3 Å². The molecule has 0 unspecified atom stereocenters. The molecule has 0 amide bonds. The number of fused-ring (bicyclic) bond motifs is 1. The van der Waals surface area contributed by atoms with E-state index in [0.29, 0.717) is 24.5 Å². The Bertz CT molecular complexity index is 1320. The summed E-state index contributed by atoms with van der Waals surface area (Å²) >= 11 is 0. The highest BCUT2D eigenvalue weighted by Crippen LogP contribution is 2.31. The van der Waals surface area contributed by atoms with Crippen molar-refractivity contribution in [2.45, 2.75) is 26.1 Å². The highest BCUT2D eigenvalue weighted by molar-refractivity contribution is 5.85. The lowest BCUT2D eigenvalue weighted by atomic mass is 10.1. The highest BCUT2D eigenvalue weighted by atomic mass is 19.4. The zero-order chi connectivity index (χ0) is 30.0. The molecule has 3 aromatic heterocycles. The number of hydrogen-bond acceptors (Lipinski definition) is 9. The average Bonchev–Trinajstić information content (AvgIpc) is 3.36. The van der Waals surface area contributed by atoms with E-state index in [-0.39, 0.29) is 6.10 Å². The van der Waals surface area contributed by atoms with Gasteiger partial charge in [-0.05, 0) is 32.0 Å². The average molecular weight is 579 g/mol. The molecule has 1 saturated heterocycles. The molecule has 14 heteroatoms. The van der Waals surface area contributed by atoms with Gasteiger partial charge in [0, 0.05) is 57.2 Å². The number of nitrogens with zero attached hydrogens (tertiary/aromatic N) is 6. The predicted molar refractivity (Wildman–Crippen MR) is 144 cm³/mol. The van der Waals surface area contributed by atoms with Crippen LogP contribution in [0.15, 0.2) is 36.8 Å². The van der Waals surface area contributed by atoms with Crippen LogP contribution in [-0.4, -0.2) is 103 Å². The van der Waals surface area contributed by atoms with E-state index in [9.17, 15) is 18.4 Å². The third-order valence-corrected chi connectivity index (χ3v) is 6.12. The Balaban J connectivity index is 0.000000587. The Morgan fingerprint density at radius 3 is 2.41 bits per heavy atom. The fraction of sp³-hybridized carbons (Fsp3) is 0.481. The highest BCUT2D eigenvalue weighted by Gasteiger charge is 2.38. The molecule has 1 aliphatic rings. The second kappa shape index (κ2) is 14.6. The van der Waals surface area contributed by atoms with Gasteiger partial charge in [0.15, 0.2) is 0 Å². The molecular formula is C27H33F3N6O5. The van der Waals surface area contributed by atoms with Gasteiger partial charge in [-0.3, -0.25) is 4.90 Å². The minimum absolute atomic E-state index is 0.273. The topological polar surface area (TPSA) is 125 Å². The summed E-state index contributed by atoms with van der Waals surface area (Å²) in [5.41, 5.74) is 3.03. The lowest BCUT2D eigenvalue weighted by molar-refractivity contribution is -0.192. The van der Waals surface area contributed by atoms with Crippen molar-refractivity contribution in [1.82, 2.24) is 19.5 Å². The Morgan fingerprint density at radius 2 is 1.85 bits per heavy atom. The summed E-state index contributed by atoms with van der Waals surface area (Å²) in [6, 6.07) is 8.26. The molecule has 3 aromatic rings. The van der Waals surface area contributed by atoms with Gasteiger partial charge < -0.3 is 24.2 Å². The lowest BCUT2D eigenvalue weighted by Crippen LogP contribution is -2.47. The molecule has 0 radical (unpaired) electrons. The molecule has 41 heavy (non-hydrogen) atoms. The SMILES string of the molecule is COCCOc1cc(-c2ccc(N3CCN(CCOC(C)C)CC3)nc2)c2c(C#N)cnn2c1.O=C(O)C(F)(F)F. The number of halogens is 3. The van der Waals surface area contributed by atoms with E-state index in [4.69, 9.17) is 29.1 Å². The zero-order valence-electron chi connectivity index (χ0n) is 23.1. The number of hydrogen-bond donors (Lipinski definition) is 1. The summed E-state index contributed by atoms with van der Waals surface area (Å²) in [6.45, 7) is 10.6. The van der Waals surface area contributed by atoms with Crippen LogP contribution in [0, 0.1) is 11.3 Å². The number of nitriles is 1. The van der Waals surface area contributed by atoms with Crippen LogP contribution in [-0.2, 0) is 14.3 Å². The molecule has 1 aliphatic heterocycles. The molecule has 0 bridgehead atoms. The van der Waals surface area contributed by atoms with E-state index in [2.05, 4.69) is 34.8 Å². The van der Waals surface area contributed by atoms with Crippen LogP contribution in [0.1, 0.15) is 19.4 Å². The van der Waals surface area contributed by atoms with Gasteiger partial charge in [0.25, 0.3) is 0 Å². The number of alkyl halides is 3. The maximum atomic E-state index is 10.6. The number of piperazine rings is 1. The maximum absolute atomic E-state index is 10.6. The number of pyridine rings is 2. The van der Waals surface area contributed by atoms with Crippen LogP contribution in [0.25, 0.3) is 16.6 Å². The van der Waals surface area contributed by atoms with E-state index >= 15 is 0 Å². The van der Waals surface area contributed by atoms with Gasteiger partial charge in [-0.15, -0.1) is 0 Å². The summed E-state index contributed by atoms with van der Waals surface area (Å²) < 4.78 is 50.0. The number of carboxylic acid groups (broad SMARTS) is 1. The first-order chi connectivity index (χ1) is 19.5. The van der Waals surface area contributed by atoms with Crippen LogP contribution in [0.3, 0.4) is 0 Å². The molecule has 0 saturated carbocycles. The van der Waals surface area contributed by atoms with Crippen molar-refractivity contribution in [3.05, 3.63) is 42.4 Å². The van der Waals surface area contributed by atoms with Crippen molar-refractivity contribution in [3.8, 4) is 22.9 Å². The number of methoxy groups -OCH3 is 1. The van der Waals surface area contributed by atoms with Crippen LogP contribution in [0.2, 0.25) is 0 Å². The summed E-state index contributed by atoms with van der Waals surface area (Å²) in [5, 5.41) is 21.0. The summed E-state index contributed by atoms with van der Waals surface area (Å²) in [4.78, 5) is 18.4. The molecule has 0 atom stereocenters. The Morgan fingerprint density at radius 1 is 1.15 bits per heavy atom. The fourth-order valence-electron chi connectivity index (χ4n) is 4.07. The molecule has 0 aliphatic carbocycles. The smallest absolute Gasteiger partial charge is 0.490 e. The minimum Gasteiger partial charge on any atom is -0.490 e. The third kappa shape index (κ3) is 9.04. The van der Waals surface area contributed by atoms with Gasteiger partial charge in [0.1, 0.15) is 24.2 Å². The van der Waals surface area contributed by atoms with Crippen molar-refractivity contribution in [1.29, 1.82) is 5.26 Å². The number of carbonyl (C=O) groups is 1. The quantitative estimate of drug-likeness (QED) is 0.358. The van der Waals surface area contributed by atoms with Crippen LogP contribution < -0.4 is 9.64 Å². The summed E-state index contributed by atoms with van der Waals surface area (Å²) in [6.07, 6.45) is 0.406. The van der Waals surface area contributed by atoms with E-state index in [1.807, 2.05) is 24.4 Å². The third-order valence-electron chi connectivity index (χ3n) is 6.12. The molecule has 0 aromatic carbocycles. The Hall–Kier alpha value is -3.93. The fourth-order valence-corrected chi connectivity index (χ4v) is 4.07. The lowest BCUT2D eigenvalue weighted by Gasteiger charge is -2.35. The van der Waals surface area contributed by atoms with Gasteiger partial charge in [-0.2, -0.15) is 23.5 Å². The van der Waals surface area contributed by atoms with Crippen LogP contribution in [0.5, 0.6) is 5.75 Å². The first kappa shape index (κ1) is 31.6. The first-order valence-electron chi connectivity index (χ1n) is 12.9. The number of aromatic nitrogens is 3. The molecule has 0 spiro atoms. The van der Waals surface area contributed by atoms with Crippen LogP contribution >= 0.6 is 0 Å². The molecule has 1 N–H and O–H groups in total. The minimum atomic E-state index is -5.08. The van der Waals surface area contributed by atoms with Crippen molar-refractivity contribution in [2.75, 3.05) is 64.6 Å². The molecule has 222 valence electrons. The summed E-state index contributed by atoms with van der Waals surface area (Å²) in [7, 11) is 1.64. The van der Waals surface area contributed by atoms with Gasteiger partial charge in [0.2, 0.25) is 0 Å². The standard InChI is InChI=1S/C25H32N6O3.C2HF3O2/c1-19(2)33-11-10-29-6-8-30(9-7-29)24-5-4-20(16-27-24)23-14-22(34-13-12-32-3)18-31-25(23)21(15-26)17-28-31;3-2(4,5)1(6)7/h4-5,14,16-19H,6-13H2,1-3H3;(H,6,7). The number of aliphatic carboxylic acids is 1. The van der Waals surface area contributed by atoms with Crippen molar-refractivity contribution >= 4 is 17.3 Å². The molecule has 11 nitrogen and oxygen atoms in total. The maximum Gasteiger partial charge on any atom is 0.490 e. The number of carboxylic acids is 1. The largest absolute Gasteiger partial charge is 0.490 e. The normalized spacial score (nSPS) is 14.0. The Labute approximate surface area is 235 Å². The molecular weight excluding hydrogens is 545 g/mol. The van der Waals surface area contributed by atoms with Gasteiger partial charge >= 0.3 is 12.1 Å². The second-order valence-electron chi connectivity index (χ2n) is 9.35. The Kier molecular flexibility index (Phi) is 11.3. The molecule has 1 fully saturated rings. The van der Waals surface area contributed by atoms with Crippen molar-refractivity contribution in [2.24, 2.45) is 0 Å². The molecule has 4 rings (SSSR count). The van der Waals surface area contributed by atoms with Crippen molar-refractivity contribution < 1.29 is 37.3 Å². The number of anilines is 1. The van der Waals surface area contributed by atoms with Crippen LogP contribution in [0.4, 0.5) is 19.0 Å². The number of rotatable bonds is 10. The summed E-state index contributed by atoms with van der Waals surface area (Å²) in [5.74, 6) is -1.14. The first-order valence-corrected chi connectivity index (χ1v) is 12.9. The van der Waals surface area contributed by atoms with E-state index in [0.717, 1.165) is 61.8 Å². The monoisotopic (exact) mass is 578 g/mol. The zero-order valence-corrected chi connectivity index (χ0v) is 23.1. The van der Waals surface area contributed by atoms with Gasteiger partial charge in [0.05, 0.1) is 42.8 Å². The van der Waals surface area contributed by atoms with Gasteiger partial charge in [-0.1, -0.05) is 0 Å². The van der Waals surface area contributed by atoms with Crippen molar-refractivity contribution in [3.63, 3.8) is 0 Å². The van der Waals surface area contributed by atoms with E-state index < -0.39 is 12.1 Å². The number of ether oxygens (including phenoxy) is 3. The molecule has 4 heterocycles. The second-order valence-corrected chi connectivity index (χ2v) is 9.35. The predicted octanol–water partition coefficient (Wildman–Crippen LogP) is 3.47.